The van der Waals surface area contributed by atoms with E-state index in [2.05, 4.69) is 0 Å². The topological polar surface area (TPSA) is 81.1 Å². The number of fused-ring (bicyclic) bond motifs is 2. The van der Waals surface area contributed by atoms with Crippen LogP contribution in [-0.2, 0) is 4.79 Å². The minimum atomic E-state index is -0.783. The Morgan fingerprint density at radius 2 is 1.90 bits per heavy atom. The van der Waals surface area contributed by atoms with Crippen molar-refractivity contribution in [2.45, 2.75) is 63.1 Å². The lowest BCUT2D eigenvalue weighted by atomic mass is 9.89. The molecular formula is C15H24N2O4. The van der Waals surface area contributed by atoms with Gasteiger partial charge in [0.1, 0.15) is 0 Å². The third-order valence-corrected chi connectivity index (χ3v) is 5.41. The molecule has 0 spiro atoms. The molecule has 0 aromatic carbocycles. The van der Waals surface area contributed by atoms with Crippen LogP contribution in [0.2, 0.25) is 0 Å². The average molecular weight is 296 g/mol. The summed E-state index contributed by atoms with van der Waals surface area (Å²) >= 11 is 0. The predicted octanol–water partition coefficient (Wildman–Crippen LogP) is 1.28. The molecule has 2 amide bonds. The van der Waals surface area contributed by atoms with Crippen LogP contribution in [0, 0.1) is 5.92 Å². The highest BCUT2D eigenvalue weighted by molar-refractivity contribution is 5.79. The fraction of sp³-hybridized carbons (Fsp3) is 0.867. The van der Waals surface area contributed by atoms with E-state index in [0.717, 1.165) is 38.5 Å². The van der Waals surface area contributed by atoms with Crippen LogP contribution in [0.5, 0.6) is 0 Å². The molecule has 3 heterocycles. The molecule has 4 atom stereocenters. The quantitative estimate of drug-likeness (QED) is 0.804. The maximum atomic E-state index is 12.9. The van der Waals surface area contributed by atoms with Crippen molar-refractivity contribution in [3.8, 4) is 0 Å². The normalized spacial score (nSPS) is 35.9. The molecule has 3 aliphatic rings. The van der Waals surface area contributed by atoms with Crippen LogP contribution in [0.25, 0.3) is 0 Å². The third-order valence-electron chi connectivity index (χ3n) is 5.41. The minimum Gasteiger partial charge on any atom is -0.481 e. The van der Waals surface area contributed by atoms with Crippen molar-refractivity contribution in [1.29, 1.82) is 0 Å². The number of rotatable bonds is 2. The molecule has 3 aliphatic heterocycles. The van der Waals surface area contributed by atoms with Gasteiger partial charge in [0.25, 0.3) is 0 Å². The Labute approximate surface area is 124 Å². The van der Waals surface area contributed by atoms with Crippen LogP contribution in [0.3, 0.4) is 0 Å². The molecule has 0 radical (unpaired) electrons. The number of likely N-dealkylation sites (tertiary alicyclic amines) is 1. The van der Waals surface area contributed by atoms with Crippen LogP contribution in [0.4, 0.5) is 4.79 Å². The molecule has 2 N–H and O–H groups in total. The monoisotopic (exact) mass is 296 g/mol. The Kier molecular flexibility index (Phi) is 4.06. The Balaban J connectivity index is 1.76. The van der Waals surface area contributed by atoms with Crippen LogP contribution < -0.4 is 0 Å². The highest BCUT2D eigenvalue weighted by atomic mass is 16.4. The number of aliphatic hydroxyl groups is 1. The second kappa shape index (κ2) is 5.83. The summed E-state index contributed by atoms with van der Waals surface area (Å²) in [5, 5.41) is 18.9. The van der Waals surface area contributed by atoms with Crippen LogP contribution in [0.1, 0.15) is 44.9 Å². The number of nitrogens with zero attached hydrogens (tertiary/aromatic N) is 2. The Morgan fingerprint density at radius 3 is 2.57 bits per heavy atom. The lowest BCUT2D eigenvalue weighted by molar-refractivity contribution is -0.142. The van der Waals surface area contributed by atoms with E-state index in [4.69, 9.17) is 0 Å². The van der Waals surface area contributed by atoms with Gasteiger partial charge < -0.3 is 20.0 Å². The summed E-state index contributed by atoms with van der Waals surface area (Å²) in [4.78, 5) is 27.8. The van der Waals surface area contributed by atoms with Gasteiger partial charge in [0, 0.05) is 18.6 Å². The fourth-order valence-electron chi connectivity index (χ4n) is 4.32. The van der Waals surface area contributed by atoms with Crippen molar-refractivity contribution < 1.29 is 19.8 Å². The van der Waals surface area contributed by atoms with Gasteiger partial charge in [0.15, 0.2) is 0 Å². The standard InChI is InChI=1S/C15H24N2O4/c18-9-11-4-2-1-3-7-16(11)15(21)17-10-5-6-13(17)12(8-10)14(19)20/h10-13,18H,1-9H2,(H,19,20). The molecular weight excluding hydrogens is 272 g/mol. The van der Waals surface area contributed by atoms with Crippen molar-refractivity contribution in [2.24, 2.45) is 5.92 Å². The third kappa shape index (κ3) is 2.50. The molecule has 0 aromatic rings. The zero-order chi connectivity index (χ0) is 15.0. The number of aliphatic hydroxyl groups excluding tert-OH is 1. The van der Waals surface area contributed by atoms with Crippen molar-refractivity contribution in [1.82, 2.24) is 9.80 Å². The molecule has 21 heavy (non-hydrogen) atoms. The smallest absolute Gasteiger partial charge is 0.320 e. The fourth-order valence-corrected chi connectivity index (χ4v) is 4.32. The number of urea groups is 1. The first-order valence-corrected chi connectivity index (χ1v) is 8.06. The summed E-state index contributed by atoms with van der Waals surface area (Å²) < 4.78 is 0. The summed E-state index contributed by atoms with van der Waals surface area (Å²) in [5.74, 6) is -1.19. The van der Waals surface area contributed by atoms with Crippen molar-refractivity contribution in [3.63, 3.8) is 0 Å². The first-order valence-electron chi connectivity index (χ1n) is 8.06. The molecule has 3 rings (SSSR count). The van der Waals surface area contributed by atoms with Gasteiger partial charge in [-0.3, -0.25) is 4.79 Å². The summed E-state index contributed by atoms with van der Waals surface area (Å²) in [6.07, 6.45) is 6.23. The van der Waals surface area contributed by atoms with E-state index in [9.17, 15) is 19.8 Å². The Hall–Kier alpha value is -1.30. The number of aliphatic carboxylic acids is 1. The molecule has 0 saturated carbocycles. The molecule has 6 heteroatoms. The van der Waals surface area contributed by atoms with Gasteiger partial charge in [-0.2, -0.15) is 0 Å². The molecule has 2 bridgehead atoms. The predicted molar refractivity (Wildman–Crippen MR) is 75.8 cm³/mol. The van der Waals surface area contributed by atoms with Gasteiger partial charge in [0.2, 0.25) is 0 Å². The number of carboxylic acids is 1. The number of carbonyl (C=O) groups is 2. The summed E-state index contributed by atoms with van der Waals surface area (Å²) in [5.41, 5.74) is 0. The second-order valence-corrected chi connectivity index (χ2v) is 6.55. The Morgan fingerprint density at radius 1 is 1.10 bits per heavy atom. The van der Waals surface area contributed by atoms with E-state index in [-0.39, 0.29) is 30.8 Å². The second-order valence-electron chi connectivity index (χ2n) is 6.55. The van der Waals surface area contributed by atoms with Crippen LogP contribution >= 0.6 is 0 Å². The highest BCUT2D eigenvalue weighted by Crippen LogP contribution is 2.42. The zero-order valence-corrected chi connectivity index (χ0v) is 12.3. The van der Waals surface area contributed by atoms with E-state index in [1.165, 1.54) is 0 Å². The van der Waals surface area contributed by atoms with Crippen molar-refractivity contribution in [2.75, 3.05) is 13.2 Å². The lowest BCUT2D eigenvalue weighted by Crippen LogP contribution is -2.51. The zero-order valence-electron chi connectivity index (χ0n) is 12.3. The lowest BCUT2D eigenvalue weighted by Gasteiger charge is -2.35. The highest BCUT2D eigenvalue weighted by Gasteiger charge is 2.52. The summed E-state index contributed by atoms with van der Waals surface area (Å²) in [6.45, 7) is 0.676. The maximum absolute atomic E-state index is 12.9. The van der Waals surface area contributed by atoms with Gasteiger partial charge in [-0.05, 0) is 32.1 Å². The summed E-state index contributed by atoms with van der Waals surface area (Å²) in [7, 11) is 0. The number of hydrogen-bond acceptors (Lipinski definition) is 3. The SMILES string of the molecule is O=C(O)C1CC2CCC1N2C(=O)N1CCCCCC1CO. The molecule has 3 saturated heterocycles. The van der Waals surface area contributed by atoms with Gasteiger partial charge in [-0.25, -0.2) is 4.79 Å². The van der Waals surface area contributed by atoms with Gasteiger partial charge in [-0.15, -0.1) is 0 Å². The molecule has 4 unspecified atom stereocenters. The molecule has 118 valence electrons. The van der Waals surface area contributed by atoms with E-state index >= 15 is 0 Å². The van der Waals surface area contributed by atoms with E-state index in [0.29, 0.717) is 13.0 Å². The van der Waals surface area contributed by atoms with Gasteiger partial charge in [-0.1, -0.05) is 12.8 Å². The van der Waals surface area contributed by atoms with Crippen molar-refractivity contribution >= 4 is 12.0 Å². The van der Waals surface area contributed by atoms with E-state index < -0.39 is 11.9 Å². The number of carbonyl (C=O) groups excluding carboxylic acids is 1. The summed E-state index contributed by atoms with van der Waals surface area (Å²) in [6, 6.07) is -0.232. The molecule has 0 aromatic heterocycles. The van der Waals surface area contributed by atoms with Gasteiger partial charge >= 0.3 is 12.0 Å². The first-order chi connectivity index (χ1) is 10.1. The average Bonchev–Trinajstić information content (AvgIpc) is 2.95. The number of amides is 2. The number of hydrogen-bond donors (Lipinski definition) is 2. The maximum Gasteiger partial charge on any atom is 0.320 e. The molecule has 3 fully saturated rings. The largest absolute Gasteiger partial charge is 0.481 e. The molecule has 6 nitrogen and oxygen atoms in total. The van der Waals surface area contributed by atoms with E-state index in [1.807, 2.05) is 4.90 Å². The van der Waals surface area contributed by atoms with Crippen molar-refractivity contribution in [3.05, 3.63) is 0 Å². The first kappa shape index (κ1) is 14.6. The molecule has 0 aliphatic carbocycles. The van der Waals surface area contributed by atoms with E-state index in [1.54, 1.807) is 4.90 Å². The Bertz CT molecular complexity index is 428. The van der Waals surface area contributed by atoms with Crippen LogP contribution in [0.15, 0.2) is 0 Å². The van der Waals surface area contributed by atoms with Gasteiger partial charge in [0.05, 0.1) is 18.6 Å². The minimum absolute atomic E-state index is 0.00271. The van der Waals surface area contributed by atoms with Crippen LogP contribution in [-0.4, -0.2) is 63.3 Å². The number of carboxylic acid groups (broad SMARTS) is 1.